The molecule has 0 bridgehead atoms. The van der Waals surface area contributed by atoms with Crippen molar-refractivity contribution in [3.63, 3.8) is 0 Å². The molecule has 0 atom stereocenters. The van der Waals surface area contributed by atoms with Crippen molar-refractivity contribution in [2.24, 2.45) is 9.98 Å². The van der Waals surface area contributed by atoms with Crippen molar-refractivity contribution in [1.82, 2.24) is 20.3 Å². The van der Waals surface area contributed by atoms with E-state index in [4.69, 9.17) is 16.0 Å². The SMILES string of the molecule is C=C(NCc1ccc(N2C(=NC)/C(=C\C)N=C2c2cccnc2N)cc1)c1ccnc(C#N)n1. The standard InChI is InChI=1S/C25H23N9/c1-4-20-25(28-3)34(24(33-20)19-6-5-12-30-23(19)27)18-9-7-17(8-10-18)15-31-16(2)21-11-13-29-22(14-26)32-21/h4-13,31H,2,15H2,1,3H3,(H2,27,30)/b20-4+,28-25?. The van der Waals surface area contributed by atoms with Gasteiger partial charge in [-0.05, 0) is 42.8 Å². The highest BCUT2D eigenvalue weighted by Crippen LogP contribution is 2.29. The minimum absolute atomic E-state index is 0.107. The van der Waals surface area contributed by atoms with Crippen LogP contribution in [0.5, 0.6) is 0 Å². The van der Waals surface area contributed by atoms with E-state index < -0.39 is 0 Å². The number of benzene rings is 1. The molecule has 3 heterocycles. The third-order valence-corrected chi connectivity index (χ3v) is 5.21. The van der Waals surface area contributed by atoms with Crippen LogP contribution in [-0.4, -0.2) is 33.7 Å². The van der Waals surface area contributed by atoms with Crippen LogP contribution in [-0.2, 0) is 6.54 Å². The number of nitrogens with one attached hydrogen (secondary N) is 1. The summed E-state index contributed by atoms with van der Waals surface area (Å²) in [6.45, 7) is 6.48. The Bertz CT molecular complexity index is 1360. The molecule has 0 saturated heterocycles. The van der Waals surface area contributed by atoms with Crippen LogP contribution in [0.1, 0.15) is 29.6 Å². The third kappa shape index (κ3) is 4.38. The normalized spacial score (nSPS) is 15.3. The molecule has 0 unspecified atom stereocenters. The number of allylic oxidation sites excluding steroid dienone is 1. The first-order chi connectivity index (χ1) is 16.5. The predicted molar refractivity (Wildman–Crippen MR) is 134 cm³/mol. The number of nitrogens with two attached hydrogens (primary N) is 1. The number of nitrogens with zero attached hydrogens (tertiary/aromatic N) is 7. The molecule has 9 heteroatoms. The van der Waals surface area contributed by atoms with Crippen LogP contribution in [0, 0.1) is 11.3 Å². The molecular weight excluding hydrogens is 426 g/mol. The Balaban J connectivity index is 1.56. The van der Waals surface area contributed by atoms with Gasteiger partial charge in [0.05, 0.1) is 17.0 Å². The number of aliphatic imine (C=N–C) groups is 2. The maximum Gasteiger partial charge on any atom is 0.232 e. The van der Waals surface area contributed by atoms with Gasteiger partial charge in [-0.3, -0.25) is 9.89 Å². The van der Waals surface area contributed by atoms with Gasteiger partial charge in [0.25, 0.3) is 0 Å². The van der Waals surface area contributed by atoms with Gasteiger partial charge >= 0.3 is 0 Å². The number of amidine groups is 2. The average molecular weight is 450 g/mol. The van der Waals surface area contributed by atoms with E-state index in [9.17, 15) is 0 Å². The zero-order chi connectivity index (χ0) is 24.1. The van der Waals surface area contributed by atoms with E-state index in [1.54, 1.807) is 25.5 Å². The van der Waals surface area contributed by atoms with Crippen molar-refractivity contribution in [1.29, 1.82) is 5.26 Å². The predicted octanol–water partition coefficient (Wildman–Crippen LogP) is 3.28. The van der Waals surface area contributed by atoms with Crippen LogP contribution in [0.2, 0.25) is 0 Å². The minimum atomic E-state index is 0.107. The Morgan fingerprint density at radius 2 is 2.00 bits per heavy atom. The van der Waals surface area contributed by atoms with Crippen molar-refractivity contribution in [2.45, 2.75) is 13.5 Å². The molecule has 3 aromatic rings. The van der Waals surface area contributed by atoms with Crippen LogP contribution >= 0.6 is 0 Å². The quantitative estimate of drug-likeness (QED) is 0.591. The Labute approximate surface area is 197 Å². The highest BCUT2D eigenvalue weighted by atomic mass is 15.3. The second kappa shape index (κ2) is 9.75. The van der Waals surface area contributed by atoms with Gasteiger partial charge in [0.1, 0.15) is 17.6 Å². The first kappa shape index (κ1) is 22.4. The molecule has 0 radical (unpaired) electrons. The molecule has 34 heavy (non-hydrogen) atoms. The van der Waals surface area contributed by atoms with Gasteiger partial charge in [0.2, 0.25) is 5.82 Å². The minimum Gasteiger partial charge on any atom is -0.383 e. The fourth-order valence-electron chi connectivity index (χ4n) is 3.51. The summed E-state index contributed by atoms with van der Waals surface area (Å²) in [4.78, 5) is 23.5. The lowest BCUT2D eigenvalue weighted by atomic mass is 10.1. The summed E-state index contributed by atoms with van der Waals surface area (Å²) in [7, 11) is 1.74. The maximum absolute atomic E-state index is 8.98. The van der Waals surface area contributed by atoms with Crippen molar-refractivity contribution >= 4 is 28.9 Å². The van der Waals surface area contributed by atoms with Gasteiger partial charge in [-0.25, -0.2) is 19.9 Å². The summed E-state index contributed by atoms with van der Waals surface area (Å²) < 4.78 is 0. The van der Waals surface area contributed by atoms with Crippen molar-refractivity contribution in [3.05, 3.63) is 95.9 Å². The van der Waals surface area contributed by atoms with Crippen molar-refractivity contribution in [2.75, 3.05) is 17.7 Å². The second-order valence-corrected chi connectivity index (χ2v) is 7.30. The molecule has 0 aliphatic carbocycles. The summed E-state index contributed by atoms with van der Waals surface area (Å²) in [5.41, 5.74) is 10.8. The first-order valence-corrected chi connectivity index (χ1v) is 10.5. The van der Waals surface area contributed by atoms with E-state index in [-0.39, 0.29) is 5.82 Å². The number of nitrogen functional groups attached to an aromatic ring is 1. The number of anilines is 2. The number of rotatable bonds is 6. The Morgan fingerprint density at radius 3 is 2.68 bits per heavy atom. The molecule has 3 N–H and O–H groups in total. The molecule has 0 saturated carbocycles. The van der Waals surface area contributed by atoms with Crippen LogP contribution in [0.15, 0.2) is 83.2 Å². The largest absolute Gasteiger partial charge is 0.383 e. The van der Waals surface area contributed by atoms with Gasteiger partial charge in [-0.2, -0.15) is 5.26 Å². The molecule has 0 amide bonds. The zero-order valence-corrected chi connectivity index (χ0v) is 18.9. The number of hydrogen-bond acceptors (Lipinski definition) is 8. The number of nitriles is 1. The fourth-order valence-corrected chi connectivity index (χ4v) is 3.51. The molecule has 168 valence electrons. The molecular formula is C25H23N9. The van der Waals surface area contributed by atoms with E-state index in [0.29, 0.717) is 29.6 Å². The average Bonchev–Trinajstić information content (AvgIpc) is 3.26. The summed E-state index contributed by atoms with van der Waals surface area (Å²) in [6.07, 6.45) is 5.12. The summed E-state index contributed by atoms with van der Waals surface area (Å²) in [5, 5.41) is 12.2. The molecule has 0 fully saturated rings. The highest BCUT2D eigenvalue weighted by molar-refractivity contribution is 6.34. The summed E-state index contributed by atoms with van der Waals surface area (Å²) >= 11 is 0. The highest BCUT2D eigenvalue weighted by Gasteiger charge is 2.31. The maximum atomic E-state index is 8.98. The van der Waals surface area contributed by atoms with Gasteiger partial charge in [0.15, 0.2) is 11.7 Å². The lowest BCUT2D eigenvalue weighted by molar-refractivity contribution is 0.881. The van der Waals surface area contributed by atoms with E-state index >= 15 is 0 Å². The number of pyridine rings is 1. The third-order valence-electron chi connectivity index (χ3n) is 5.21. The molecule has 1 aliphatic heterocycles. The monoisotopic (exact) mass is 449 g/mol. The Morgan fingerprint density at radius 1 is 1.21 bits per heavy atom. The van der Waals surface area contributed by atoms with Crippen LogP contribution in [0.25, 0.3) is 5.70 Å². The number of aromatic nitrogens is 3. The summed E-state index contributed by atoms with van der Waals surface area (Å²) in [5.74, 6) is 1.92. The van der Waals surface area contributed by atoms with E-state index in [1.165, 1.54) is 0 Å². The fraction of sp³-hybridized carbons (Fsp3) is 0.120. The van der Waals surface area contributed by atoms with Crippen LogP contribution < -0.4 is 16.0 Å². The summed E-state index contributed by atoms with van der Waals surface area (Å²) in [6, 6.07) is 15.4. The van der Waals surface area contributed by atoms with E-state index in [2.05, 4.69) is 31.8 Å². The smallest absolute Gasteiger partial charge is 0.232 e. The molecule has 2 aromatic heterocycles. The molecule has 9 nitrogen and oxygen atoms in total. The Hall–Kier alpha value is -4.84. The molecule has 1 aliphatic rings. The molecule has 4 rings (SSSR count). The van der Waals surface area contributed by atoms with Gasteiger partial charge in [-0.15, -0.1) is 0 Å². The van der Waals surface area contributed by atoms with Crippen LogP contribution in [0.3, 0.4) is 0 Å². The Kier molecular flexibility index (Phi) is 6.41. The zero-order valence-electron chi connectivity index (χ0n) is 18.9. The molecule has 0 spiro atoms. The lowest BCUT2D eigenvalue weighted by Gasteiger charge is -2.22. The number of hydrogen-bond donors (Lipinski definition) is 2. The van der Waals surface area contributed by atoms with Crippen molar-refractivity contribution < 1.29 is 0 Å². The molecule has 1 aromatic carbocycles. The second-order valence-electron chi connectivity index (χ2n) is 7.30. The van der Waals surface area contributed by atoms with Gasteiger partial charge in [0, 0.05) is 31.7 Å². The van der Waals surface area contributed by atoms with Crippen LogP contribution in [0.4, 0.5) is 11.5 Å². The van der Waals surface area contributed by atoms with E-state index in [0.717, 1.165) is 28.3 Å². The lowest BCUT2D eigenvalue weighted by Crippen LogP contribution is -2.33. The topological polar surface area (TPSA) is 128 Å². The first-order valence-electron chi connectivity index (χ1n) is 10.5. The van der Waals surface area contributed by atoms with Gasteiger partial charge in [-0.1, -0.05) is 24.8 Å². The van der Waals surface area contributed by atoms with E-state index in [1.807, 2.05) is 60.4 Å². The van der Waals surface area contributed by atoms with Crippen molar-refractivity contribution in [3.8, 4) is 6.07 Å². The van der Waals surface area contributed by atoms with Gasteiger partial charge < -0.3 is 11.1 Å².